The summed E-state index contributed by atoms with van der Waals surface area (Å²) in [4.78, 5) is 23.4. The van der Waals surface area contributed by atoms with Gasteiger partial charge in [0.25, 0.3) is 5.91 Å². The van der Waals surface area contributed by atoms with Gasteiger partial charge in [-0.15, -0.1) is 0 Å². The number of nitrogens with one attached hydrogen (secondary N) is 2. The molecule has 0 bridgehead atoms. The van der Waals surface area contributed by atoms with Crippen LogP contribution in [0, 0.1) is 6.92 Å². The molecule has 1 fully saturated rings. The fraction of sp³-hybridized carbons (Fsp3) is 0.467. The first kappa shape index (κ1) is 15.0. The van der Waals surface area contributed by atoms with Crippen molar-refractivity contribution in [3.63, 3.8) is 0 Å². The van der Waals surface area contributed by atoms with Gasteiger partial charge in [-0.3, -0.25) is 9.59 Å². The van der Waals surface area contributed by atoms with Gasteiger partial charge in [-0.05, 0) is 59.8 Å². The number of hydrogen-bond donors (Lipinski definition) is 2. The normalized spacial score (nSPS) is 13.9. The van der Waals surface area contributed by atoms with Gasteiger partial charge in [-0.25, -0.2) is 0 Å². The average Bonchev–Trinajstić information content (AvgIpc) is 3.18. The Hall–Kier alpha value is -1.36. The zero-order chi connectivity index (χ0) is 14.5. The Morgan fingerprint density at radius 3 is 2.75 bits per heavy atom. The van der Waals surface area contributed by atoms with Gasteiger partial charge < -0.3 is 10.6 Å². The van der Waals surface area contributed by atoms with Crippen molar-refractivity contribution in [2.45, 2.75) is 38.6 Å². The molecule has 2 amide bonds. The van der Waals surface area contributed by atoms with Crippen LogP contribution in [0.4, 0.5) is 0 Å². The third kappa shape index (κ3) is 4.63. The van der Waals surface area contributed by atoms with Crippen molar-refractivity contribution in [3.05, 3.63) is 33.8 Å². The largest absolute Gasteiger partial charge is 0.353 e. The van der Waals surface area contributed by atoms with Gasteiger partial charge >= 0.3 is 0 Å². The third-order valence-electron chi connectivity index (χ3n) is 3.18. The van der Waals surface area contributed by atoms with Crippen LogP contribution in [-0.4, -0.2) is 24.4 Å². The van der Waals surface area contributed by atoms with Gasteiger partial charge in [0.15, 0.2) is 0 Å². The van der Waals surface area contributed by atoms with Gasteiger partial charge in [-0.2, -0.15) is 0 Å². The third-order valence-corrected chi connectivity index (χ3v) is 3.83. The molecular formula is C15H19BrN2O2. The van der Waals surface area contributed by atoms with E-state index in [1.54, 1.807) is 6.07 Å². The second-order valence-corrected chi connectivity index (χ2v) is 6.04. The van der Waals surface area contributed by atoms with Gasteiger partial charge in [0.1, 0.15) is 0 Å². The van der Waals surface area contributed by atoms with Gasteiger partial charge in [0.05, 0.1) is 5.56 Å². The molecule has 0 radical (unpaired) electrons. The molecule has 1 aromatic carbocycles. The lowest BCUT2D eigenvalue weighted by molar-refractivity contribution is -0.121. The van der Waals surface area contributed by atoms with Crippen LogP contribution in [0.25, 0.3) is 0 Å². The number of amides is 2. The van der Waals surface area contributed by atoms with Crippen molar-refractivity contribution < 1.29 is 9.59 Å². The van der Waals surface area contributed by atoms with E-state index in [1.807, 2.05) is 19.1 Å². The summed E-state index contributed by atoms with van der Waals surface area (Å²) >= 11 is 3.39. The summed E-state index contributed by atoms with van der Waals surface area (Å²) in [6, 6.07) is 6.02. The molecule has 0 spiro atoms. The molecule has 5 heteroatoms. The number of halogens is 1. The molecule has 1 aromatic rings. The minimum absolute atomic E-state index is 0.0817. The monoisotopic (exact) mass is 338 g/mol. The molecule has 20 heavy (non-hydrogen) atoms. The maximum Gasteiger partial charge on any atom is 0.252 e. The number of hydrogen-bond acceptors (Lipinski definition) is 2. The quantitative estimate of drug-likeness (QED) is 0.783. The fourth-order valence-corrected chi connectivity index (χ4v) is 2.55. The lowest BCUT2D eigenvalue weighted by Gasteiger charge is -2.08. The number of benzene rings is 1. The molecule has 108 valence electrons. The van der Waals surface area contributed by atoms with E-state index in [0.717, 1.165) is 22.9 Å². The molecule has 0 unspecified atom stereocenters. The summed E-state index contributed by atoms with van der Waals surface area (Å²) in [6.07, 6.45) is 3.33. The molecule has 2 rings (SSSR count). The molecule has 0 aliphatic heterocycles. The zero-order valence-electron chi connectivity index (χ0n) is 11.5. The fourth-order valence-electron chi connectivity index (χ4n) is 1.88. The molecule has 1 saturated carbocycles. The standard InChI is InChI=1S/C15H19BrN2O2/c1-10-4-7-12(13(16)9-10)15(20)17-8-2-3-14(19)18-11-5-6-11/h4,7,9,11H,2-3,5-6,8H2,1H3,(H,17,20)(H,18,19). The average molecular weight is 339 g/mol. The minimum atomic E-state index is -0.112. The highest BCUT2D eigenvalue weighted by atomic mass is 79.9. The highest BCUT2D eigenvalue weighted by Crippen LogP contribution is 2.19. The van der Waals surface area contributed by atoms with Crippen LogP contribution >= 0.6 is 15.9 Å². The number of aryl methyl sites for hydroxylation is 1. The molecule has 0 heterocycles. The van der Waals surface area contributed by atoms with E-state index >= 15 is 0 Å². The van der Waals surface area contributed by atoms with Crippen molar-refractivity contribution in [2.75, 3.05) is 6.54 Å². The zero-order valence-corrected chi connectivity index (χ0v) is 13.1. The summed E-state index contributed by atoms with van der Waals surface area (Å²) in [5.41, 5.74) is 1.73. The van der Waals surface area contributed by atoms with Gasteiger partial charge in [0.2, 0.25) is 5.91 Å². The second-order valence-electron chi connectivity index (χ2n) is 5.18. The van der Waals surface area contributed by atoms with E-state index in [9.17, 15) is 9.59 Å². The topological polar surface area (TPSA) is 58.2 Å². The van der Waals surface area contributed by atoms with Gasteiger partial charge in [0, 0.05) is 23.5 Å². The van der Waals surface area contributed by atoms with Crippen LogP contribution < -0.4 is 10.6 Å². The van der Waals surface area contributed by atoms with Crippen molar-refractivity contribution in [1.29, 1.82) is 0 Å². The Balaban J connectivity index is 1.70. The summed E-state index contributed by atoms with van der Waals surface area (Å²) in [7, 11) is 0. The number of carbonyl (C=O) groups is 2. The first-order valence-electron chi connectivity index (χ1n) is 6.90. The Morgan fingerprint density at radius 1 is 1.35 bits per heavy atom. The summed E-state index contributed by atoms with van der Waals surface area (Å²) in [5, 5.41) is 5.76. The lowest BCUT2D eigenvalue weighted by Crippen LogP contribution is -2.28. The summed E-state index contributed by atoms with van der Waals surface area (Å²) in [5.74, 6) is -0.0299. The van der Waals surface area contributed by atoms with Crippen LogP contribution in [0.3, 0.4) is 0 Å². The molecule has 0 atom stereocenters. The van der Waals surface area contributed by atoms with E-state index in [2.05, 4.69) is 26.6 Å². The lowest BCUT2D eigenvalue weighted by atomic mass is 10.1. The molecule has 0 saturated heterocycles. The minimum Gasteiger partial charge on any atom is -0.353 e. The first-order valence-corrected chi connectivity index (χ1v) is 7.69. The van der Waals surface area contributed by atoms with Crippen molar-refractivity contribution >= 4 is 27.7 Å². The number of rotatable bonds is 6. The number of carbonyl (C=O) groups excluding carboxylic acids is 2. The predicted molar refractivity (Wildman–Crippen MR) is 81.6 cm³/mol. The highest BCUT2D eigenvalue weighted by Gasteiger charge is 2.22. The van der Waals surface area contributed by atoms with Crippen LogP contribution in [0.5, 0.6) is 0 Å². The Bertz CT molecular complexity index is 513. The van der Waals surface area contributed by atoms with E-state index in [-0.39, 0.29) is 11.8 Å². The predicted octanol–water partition coefficient (Wildman–Crippen LogP) is 2.55. The second kappa shape index (κ2) is 6.88. The Kier molecular flexibility index (Phi) is 5.17. The smallest absolute Gasteiger partial charge is 0.252 e. The van der Waals surface area contributed by atoms with Crippen molar-refractivity contribution in [1.82, 2.24) is 10.6 Å². The van der Waals surface area contributed by atoms with E-state index < -0.39 is 0 Å². The highest BCUT2D eigenvalue weighted by molar-refractivity contribution is 9.10. The molecular weight excluding hydrogens is 320 g/mol. The summed E-state index contributed by atoms with van der Waals surface area (Å²) in [6.45, 7) is 2.49. The maximum atomic E-state index is 12.0. The van der Waals surface area contributed by atoms with Crippen LogP contribution in [-0.2, 0) is 4.79 Å². The molecule has 1 aliphatic rings. The van der Waals surface area contributed by atoms with Crippen molar-refractivity contribution in [2.24, 2.45) is 0 Å². The SMILES string of the molecule is Cc1ccc(C(=O)NCCCC(=O)NC2CC2)c(Br)c1. The van der Waals surface area contributed by atoms with Crippen LogP contribution in [0.2, 0.25) is 0 Å². The molecule has 2 N–H and O–H groups in total. The molecule has 4 nitrogen and oxygen atoms in total. The van der Waals surface area contributed by atoms with Crippen LogP contribution in [0.1, 0.15) is 41.6 Å². The molecule has 0 aromatic heterocycles. The molecule has 1 aliphatic carbocycles. The Morgan fingerprint density at radius 2 is 2.10 bits per heavy atom. The van der Waals surface area contributed by atoms with Crippen molar-refractivity contribution in [3.8, 4) is 0 Å². The first-order chi connectivity index (χ1) is 9.56. The van der Waals surface area contributed by atoms with E-state index in [4.69, 9.17) is 0 Å². The van der Waals surface area contributed by atoms with E-state index in [1.165, 1.54) is 0 Å². The maximum absolute atomic E-state index is 12.0. The van der Waals surface area contributed by atoms with Crippen LogP contribution in [0.15, 0.2) is 22.7 Å². The Labute approximate surface area is 127 Å². The van der Waals surface area contributed by atoms with E-state index in [0.29, 0.717) is 31.0 Å². The summed E-state index contributed by atoms with van der Waals surface area (Å²) < 4.78 is 0.793. The van der Waals surface area contributed by atoms with Gasteiger partial charge in [-0.1, -0.05) is 6.07 Å².